The van der Waals surface area contributed by atoms with E-state index in [-0.39, 0.29) is 35.7 Å². The third kappa shape index (κ3) is 4.37. The molecule has 0 unspecified atom stereocenters. The summed E-state index contributed by atoms with van der Waals surface area (Å²) < 4.78 is 20.2. The zero-order chi connectivity index (χ0) is 18.7. The average Bonchev–Trinajstić information content (AvgIpc) is 3.41. The van der Waals surface area contributed by atoms with Crippen LogP contribution < -0.4 is 4.87 Å². The number of hydrogen-bond acceptors (Lipinski definition) is 5. The third-order valence-corrected chi connectivity index (χ3v) is 5.11. The second-order valence-corrected chi connectivity index (χ2v) is 7.05. The molecule has 0 atom stereocenters. The van der Waals surface area contributed by atoms with E-state index in [1.165, 1.54) is 10.6 Å². The van der Waals surface area contributed by atoms with E-state index in [0.717, 1.165) is 24.2 Å². The SMILES string of the molecule is Cc1csc(=O)n1CC(=O)OCC(=O)N(Cc1ccccc1F)C1CC1. The molecule has 1 aliphatic rings. The van der Waals surface area contributed by atoms with Crippen LogP contribution >= 0.6 is 11.3 Å². The van der Waals surface area contributed by atoms with Gasteiger partial charge in [0.05, 0.1) is 0 Å². The fraction of sp³-hybridized carbons (Fsp3) is 0.389. The van der Waals surface area contributed by atoms with Gasteiger partial charge < -0.3 is 9.64 Å². The largest absolute Gasteiger partial charge is 0.454 e. The minimum absolute atomic E-state index is 0.0579. The molecule has 1 heterocycles. The second-order valence-electron chi connectivity index (χ2n) is 6.23. The summed E-state index contributed by atoms with van der Waals surface area (Å²) in [6, 6.07) is 6.36. The number of halogens is 1. The van der Waals surface area contributed by atoms with Gasteiger partial charge in [0.15, 0.2) is 6.61 Å². The predicted octanol–water partition coefficient (Wildman–Crippen LogP) is 2.09. The van der Waals surface area contributed by atoms with Crippen molar-refractivity contribution in [3.63, 3.8) is 0 Å². The van der Waals surface area contributed by atoms with Crippen molar-refractivity contribution >= 4 is 23.2 Å². The molecule has 0 spiro atoms. The highest BCUT2D eigenvalue weighted by Crippen LogP contribution is 2.29. The predicted molar refractivity (Wildman–Crippen MR) is 94.2 cm³/mol. The molecule has 138 valence electrons. The Hall–Kier alpha value is -2.48. The van der Waals surface area contributed by atoms with Crippen LogP contribution in [0.5, 0.6) is 0 Å². The van der Waals surface area contributed by atoms with Crippen molar-refractivity contribution in [2.75, 3.05) is 6.61 Å². The highest BCUT2D eigenvalue weighted by Gasteiger charge is 2.33. The van der Waals surface area contributed by atoms with Crippen LogP contribution in [-0.2, 0) is 27.4 Å². The van der Waals surface area contributed by atoms with Gasteiger partial charge in [-0.1, -0.05) is 29.5 Å². The van der Waals surface area contributed by atoms with Crippen LogP contribution in [0.25, 0.3) is 0 Å². The Morgan fingerprint density at radius 2 is 2.08 bits per heavy atom. The number of amides is 1. The highest BCUT2D eigenvalue weighted by atomic mass is 32.1. The number of ether oxygens (including phenoxy) is 1. The lowest BCUT2D eigenvalue weighted by Gasteiger charge is -2.22. The molecule has 0 N–H and O–H groups in total. The lowest BCUT2D eigenvalue weighted by atomic mass is 10.2. The van der Waals surface area contributed by atoms with E-state index in [2.05, 4.69) is 0 Å². The van der Waals surface area contributed by atoms with Gasteiger partial charge in [-0.15, -0.1) is 0 Å². The molecule has 0 bridgehead atoms. The van der Waals surface area contributed by atoms with Crippen LogP contribution in [0.4, 0.5) is 4.39 Å². The number of aryl methyl sites for hydroxylation is 1. The number of esters is 1. The standard InChI is InChI=1S/C18H19FN2O4S/c1-12-11-26-18(24)20(12)9-17(23)25-10-16(22)21(14-6-7-14)8-13-4-2-3-5-15(13)19/h2-5,11,14H,6-10H2,1H3. The summed E-state index contributed by atoms with van der Waals surface area (Å²) in [5.41, 5.74) is 1.10. The molecular weight excluding hydrogens is 359 g/mol. The molecule has 2 aromatic rings. The number of thiazole rings is 1. The number of aromatic nitrogens is 1. The second kappa shape index (κ2) is 7.82. The van der Waals surface area contributed by atoms with Gasteiger partial charge in [-0.2, -0.15) is 0 Å². The maximum absolute atomic E-state index is 13.8. The first-order valence-electron chi connectivity index (χ1n) is 8.29. The van der Waals surface area contributed by atoms with Crippen LogP contribution in [0, 0.1) is 12.7 Å². The Kier molecular flexibility index (Phi) is 5.51. The maximum atomic E-state index is 13.8. The molecule has 1 amide bonds. The molecule has 8 heteroatoms. The van der Waals surface area contributed by atoms with Crippen molar-refractivity contribution in [3.8, 4) is 0 Å². The minimum atomic E-state index is -0.649. The Balaban J connectivity index is 1.58. The number of rotatable bonds is 7. The monoisotopic (exact) mass is 378 g/mol. The zero-order valence-corrected chi connectivity index (χ0v) is 15.1. The van der Waals surface area contributed by atoms with Gasteiger partial charge in [0.1, 0.15) is 12.4 Å². The maximum Gasteiger partial charge on any atom is 0.326 e. The number of hydrogen-bond donors (Lipinski definition) is 0. The van der Waals surface area contributed by atoms with E-state index in [1.807, 2.05) is 0 Å². The van der Waals surface area contributed by atoms with Crippen molar-refractivity contribution < 1.29 is 18.7 Å². The summed E-state index contributed by atoms with van der Waals surface area (Å²) in [7, 11) is 0. The minimum Gasteiger partial charge on any atom is -0.454 e. The molecule has 1 aromatic carbocycles. The van der Waals surface area contributed by atoms with Crippen molar-refractivity contribution in [1.29, 1.82) is 0 Å². The summed E-state index contributed by atoms with van der Waals surface area (Å²) in [6.07, 6.45) is 1.72. The van der Waals surface area contributed by atoms with Crippen molar-refractivity contribution in [3.05, 3.63) is 56.4 Å². The molecule has 1 aliphatic carbocycles. The zero-order valence-electron chi connectivity index (χ0n) is 14.3. The van der Waals surface area contributed by atoms with Crippen LogP contribution in [-0.4, -0.2) is 34.0 Å². The molecule has 0 saturated heterocycles. The fourth-order valence-corrected chi connectivity index (χ4v) is 3.35. The van der Waals surface area contributed by atoms with Crippen molar-refractivity contribution in [1.82, 2.24) is 9.47 Å². The number of carbonyl (C=O) groups is 2. The Bertz CT molecular complexity index is 872. The fourth-order valence-electron chi connectivity index (χ4n) is 2.61. The van der Waals surface area contributed by atoms with Gasteiger partial charge in [0.25, 0.3) is 5.91 Å². The third-order valence-electron chi connectivity index (χ3n) is 4.23. The lowest BCUT2D eigenvalue weighted by Crippen LogP contribution is -2.36. The van der Waals surface area contributed by atoms with Gasteiger partial charge in [0, 0.05) is 29.2 Å². The van der Waals surface area contributed by atoms with Gasteiger partial charge in [0.2, 0.25) is 0 Å². The molecule has 3 rings (SSSR count). The topological polar surface area (TPSA) is 68.6 Å². The van der Waals surface area contributed by atoms with E-state index in [1.54, 1.807) is 35.4 Å². The molecular formula is C18H19FN2O4S. The van der Waals surface area contributed by atoms with E-state index >= 15 is 0 Å². The van der Waals surface area contributed by atoms with Crippen LogP contribution in [0.15, 0.2) is 34.4 Å². The Labute approximate surface area is 153 Å². The van der Waals surface area contributed by atoms with E-state index < -0.39 is 12.6 Å². The molecule has 1 aromatic heterocycles. The summed E-state index contributed by atoms with van der Waals surface area (Å²) in [5, 5.41) is 1.66. The molecule has 1 saturated carbocycles. The van der Waals surface area contributed by atoms with Gasteiger partial charge in [-0.05, 0) is 25.8 Å². The van der Waals surface area contributed by atoms with Crippen LogP contribution in [0.2, 0.25) is 0 Å². The van der Waals surface area contributed by atoms with Crippen LogP contribution in [0.1, 0.15) is 24.1 Å². The average molecular weight is 378 g/mol. The molecule has 0 aliphatic heterocycles. The molecule has 1 fully saturated rings. The van der Waals surface area contributed by atoms with Gasteiger partial charge in [-0.3, -0.25) is 19.0 Å². The Morgan fingerprint density at radius 1 is 1.35 bits per heavy atom. The summed E-state index contributed by atoms with van der Waals surface area (Å²) in [5.74, 6) is -1.38. The Morgan fingerprint density at radius 3 is 2.69 bits per heavy atom. The number of nitrogens with zero attached hydrogens (tertiary/aromatic N) is 2. The first-order chi connectivity index (χ1) is 12.5. The van der Waals surface area contributed by atoms with E-state index in [4.69, 9.17) is 4.74 Å². The normalized spacial score (nSPS) is 13.5. The van der Waals surface area contributed by atoms with Gasteiger partial charge >= 0.3 is 10.8 Å². The van der Waals surface area contributed by atoms with E-state index in [9.17, 15) is 18.8 Å². The lowest BCUT2D eigenvalue weighted by molar-refractivity contribution is -0.153. The van der Waals surface area contributed by atoms with E-state index in [0.29, 0.717) is 11.3 Å². The molecule has 0 radical (unpaired) electrons. The number of carbonyl (C=O) groups excluding carboxylic acids is 2. The van der Waals surface area contributed by atoms with Crippen LogP contribution in [0.3, 0.4) is 0 Å². The van der Waals surface area contributed by atoms with Gasteiger partial charge in [-0.25, -0.2) is 4.39 Å². The summed E-state index contributed by atoms with van der Waals surface area (Å²) in [6.45, 7) is 1.23. The summed E-state index contributed by atoms with van der Waals surface area (Å²) >= 11 is 1.01. The number of benzene rings is 1. The molecule has 26 heavy (non-hydrogen) atoms. The summed E-state index contributed by atoms with van der Waals surface area (Å²) in [4.78, 5) is 37.3. The van der Waals surface area contributed by atoms with Crippen molar-refractivity contribution in [2.45, 2.75) is 38.9 Å². The molecule has 6 nitrogen and oxygen atoms in total. The quantitative estimate of drug-likeness (QED) is 0.692. The smallest absolute Gasteiger partial charge is 0.326 e. The van der Waals surface area contributed by atoms with Crippen molar-refractivity contribution in [2.24, 2.45) is 0 Å². The first kappa shape index (κ1) is 18.3. The highest BCUT2D eigenvalue weighted by molar-refractivity contribution is 7.07. The first-order valence-corrected chi connectivity index (χ1v) is 9.17.